The van der Waals surface area contributed by atoms with Crippen LogP contribution in [0.15, 0.2) is 36.5 Å². The van der Waals surface area contributed by atoms with Gasteiger partial charge in [-0.25, -0.2) is 14.4 Å². The molecule has 0 unspecified atom stereocenters. The quantitative estimate of drug-likeness (QED) is 0.580. The summed E-state index contributed by atoms with van der Waals surface area (Å²) in [5.74, 6) is -0.556. The largest absolute Gasteiger partial charge is 0.320 e. The zero-order valence-corrected chi connectivity index (χ0v) is 15.8. The Hall–Kier alpha value is -3.13. The molecule has 0 saturated carbocycles. The summed E-state index contributed by atoms with van der Waals surface area (Å²) < 4.78 is 14.8. The predicted octanol–water partition coefficient (Wildman–Crippen LogP) is 4.10. The summed E-state index contributed by atoms with van der Waals surface area (Å²) in [5, 5.41) is 8.77. The van der Waals surface area contributed by atoms with E-state index in [1.54, 1.807) is 29.9 Å². The molecule has 0 fully saturated rings. The highest BCUT2D eigenvalue weighted by Gasteiger charge is 2.17. The van der Waals surface area contributed by atoms with E-state index in [9.17, 15) is 9.18 Å². The normalized spacial score (nSPS) is 11.1. The number of nitrogens with one attached hydrogen (secondary N) is 1. The van der Waals surface area contributed by atoms with Gasteiger partial charge in [-0.1, -0.05) is 0 Å². The van der Waals surface area contributed by atoms with E-state index in [1.807, 2.05) is 20.0 Å². The van der Waals surface area contributed by atoms with Crippen LogP contribution >= 0.6 is 11.3 Å². The van der Waals surface area contributed by atoms with Crippen LogP contribution in [0.2, 0.25) is 0 Å². The van der Waals surface area contributed by atoms with Crippen molar-refractivity contribution in [3.63, 3.8) is 0 Å². The van der Waals surface area contributed by atoms with Gasteiger partial charge < -0.3 is 5.32 Å². The smallest absolute Gasteiger partial charge is 0.267 e. The Morgan fingerprint density at radius 2 is 1.93 bits per heavy atom. The second-order valence-corrected chi connectivity index (χ2v) is 7.20. The average Bonchev–Trinajstić information content (AvgIpc) is 3.16. The molecule has 3 aromatic heterocycles. The fraction of sp³-hybridized carbons (Fsp3) is 0.158. The summed E-state index contributed by atoms with van der Waals surface area (Å²) in [6.07, 6.45) is 1.61. The van der Waals surface area contributed by atoms with E-state index in [4.69, 9.17) is 0 Å². The van der Waals surface area contributed by atoms with Crippen molar-refractivity contribution in [2.75, 3.05) is 5.32 Å². The molecule has 0 saturated heterocycles. The van der Waals surface area contributed by atoms with Crippen molar-refractivity contribution in [1.29, 1.82) is 0 Å². The Morgan fingerprint density at radius 3 is 2.67 bits per heavy atom. The van der Waals surface area contributed by atoms with Crippen LogP contribution in [0.25, 0.3) is 21.6 Å². The van der Waals surface area contributed by atoms with Crippen LogP contribution in [0.1, 0.15) is 21.1 Å². The number of hydrogen-bond donors (Lipinski definition) is 1. The van der Waals surface area contributed by atoms with Crippen LogP contribution in [-0.2, 0) is 7.05 Å². The highest BCUT2D eigenvalue weighted by molar-refractivity contribution is 7.17. The fourth-order valence-electron chi connectivity index (χ4n) is 2.89. The van der Waals surface area contributed by atoms with Crippen molar-refractivity contribution in [2.24, 2.45) is 7.05 Å². The van der Waals surface area contributed by atoms with E-state index < -0.39 is 0 Å². The molecule has 3 heterocycles. The van der Waals surface area contributed by atoms with Gasteiger partial charge >= 0.3 is 0 Å². The maximum Gasteiger partial charge on any atom is 0.267 e. The Balaban J connectivity index is 1.61. The summed E-state index contributed by atoms with van der Waals surface area (Å²) in [5.41, 5.74) is 3.61. The van der Waals surface area contributed by atoms with Gasteiger partial charge in [0.1, 0.15) is 15.7 Å². The van der Waals surface area contributed by atoms with Crippen LogP contribution < -0.4 is 5.32 Å². The van der Waals surface area contributed by atoms with Crippen molar-refractivity contribution >= 4 is 34.0 Å². The number of aryl methyl sites for hydroxylation is 3. The number of carbonyl (C=O) groups excluding carboxylic acids is 1. The van der Waals surface area contributed by atoms with Crippen LogP contribution in [0, 0.1) is 19.7 Å². The molecule has 4 rings (SSSR count). The molecule has 27 heavy (non-hydrogen) atoms. The summed E-state index contributed by atoms with van der Waals surface area (Å²) in [7, 11) is 1.83. The number of thiazole rings is 1. The summed E-state index contributed by atoms with van der Waals surface area (Å²) in [4.78, 5) is 22.0. The summed E-state index contributed by atoms with van der Waals surface area (Å²) >= 11 is 1.27. The molecule has 0 spiro atoms. The minimum atomic E-state index is -0.307. The Bertz CT molecular complexity index is 1160. The maximum atomic E-state index is 13.1. The molecule has 4 aromatic rings. The van der Waals surface area contributed by atoms with Crippen LogP contribution in [-0.4, -0.2) is 25.7 Å². The first kappa shape index (κ1) is 17.3. The Kier molecular flexibility index (Phi) is 4.19. The molecule has 0 aliphatic carbocycles. The maximum absolute atomic E-state index is 13.1. The molecule has 0 atom stereocenters. The minimum Gasteiger partial charge on any atom is -0.320 e. The number of amides is 1. The van der Waals surface area contributed by atoms with Gasteiger partial charge in [0.2, 0.25) is 0 Å². The second-order valence-electron chi connectivity index (χ2n) is 6.20. The van der Waals surface area contributed by atoms with Crippen molar-refractivity contribution in [3.8, 4) is 10.6 Å². The predicted molar refractivity (Wildman–Crippen MR) is 103 cm³/mol. The number of halogens is 1. The van der Waals surface area contributed by atoms with E-state index in [2.05, 4.69) is 20.4 Å². The fourth-order valence-corrected chi connectivity index (χ4v) is 3.85. The minimum absolute atomic E-state index is 0.249. The molecule has 0 radical (unpaired) electrons. The van der Waals surface area contributed by atoms with E-state index in [0.717, 1.165) is 22.3 Å². The third kappa shape index (κ3) is 3.19. The van der Waals surface area contributed by atoms with Crippen LogP contribution in [0.5, 0.6) is 0 Å². The number of fused-ring (bicyclic) bond motifs is 1. The first-order chi connectivity index (χ1) is 12.9. The highest BCUT2D eigenvalue weighted by atomic mass is 32.1. The molecular weight excluding hydrogens is 365 g/mol. The third-order valence-electron chi connectivity index (χ3n) is 4.21. The van der Waals surface area contributed by atoms with Gasteiger partial charge in [0.15, 0.2) is 5.65 Å². The molecule has 0 aliphatic heterocycles. The Morgan fingerprint density at radius 1 is 1.19 bits per heavy atom. The first-order valence-electron chi connectivity index (χ1n) is 8.26. The Labute approximate surface area is 158 Å². The van der Waals surface area contributed by atoms with Gasteiger partial charge in [-0.05, 0) is 44.2 Å². The molecule has 1 N–H and O–H groups in total. The monoisotopic (exact) mass is 381 g/mol. The second kappa shape index (κ2) is 6.55. The molecule has 0 bridgehead atoms. The van der Waals surface area contributed by atoms with E-state index in [-0.39, 0.29) is 11.7 Å². The first-order valence-corrected chi connectivity index (χ1v) is 9.08. The molecule has 0 aliphatic rings. The number of hydrogen-bond acceptors (Lipinski definition) is 5. The van der Waals surface area contributed by atoms with Crippen molar-refractivity contribution in [2.45, 2.75) is 13.8 Å². The lowest BCUT2D eigenvalue weighted by atomic mass is 10.2. The van der Waals surface area contributed by atoms with Gasteiger partial charge in [-0.3, -0.25) is 9.48 Å². The van der Waals surface area contributed by atoms with E-state index in [1.165, 1.54) is 23.5 Å². The SMILES string of the molecule is Cc1nc(-c2ccc(F)cc2)sc1C(=O)Nc1cnc2c(c1)c(C)nn2C. The number of aromatic nitrogens is 4. The average molecular weight is 381 g/mol. The molecule has 1 amide bonds. The zero-order valence-electron chi connectivity index (χ0n) is 14.9. The summed E-state index contributed by atoms with van der Waals surface area (Å²) in [6.45, 7) is 3.68. The number of nitrogens with zero attached hydrogens (tertiary/aromatic N) is 4. The van der Waals surface area contributed by atoms with E-state index in [0.29, 0.717) is 21.3 Å². The van der Waals surface area contributed by atoms with E-state index >= 15 is 0 Å². The van der Waals surface area contributed by atoms with Gasteiger partial charge in [0.05, 0.1) is 23.3 Å². The molecule has 136 valence electrons. The molecule has 1 aromatic carbocycles. The third-order valence-corrected chi connectivity index (χ3v) is 5.42. The number of carbonyl (C=O) groups is 1. The number of pyridine rings is 1. The lowest BCUT2D eigenvalue weighted by molar-refractivity contribution is 0.103. The van der Waals surface area contributed by atoms with Gasteiger partial charge in [0.25, 0.3) is 5.91 Å². The number of anilines is 1. The van der Waals surface area contributed by atoms with Gasteiger partial charge in [-0.15, -0.1) is 11.3 Å². The lowest BCUT2D eigenvalue weighted by Gasteiger charge is -2.04. The summed E-state index contributed by atoms with van der Waals surface area (Å²) in [6, 6.07) is 7.92. The van der Waals surface area contributed by atoms with Crippen molar-refractivity contribution < 1.29 is 9.18 Å². The lowest BCUT2D eigenvalue weighted by Crippen LogP contribution is -2.11. The van der Waals surface area contributed by atoms with Crippen molar-refractivity contribution in [3.05, 3.63) is 58.6 Å². The standard InChI is InChI=1S/C19H16FN5OS/c1-10-15-8-14(9-21-17(15)25(3)24-10)23-18(26)16-11(2)22-19(27-16)12-4-6-13(20)7-5-12/h4-9H,1-3H3,(H,23,26). The molecule has 6 nitrogen and oxygen atoms in total. The number of benzene rings is 1. The number of rotatable bonds is 3. The van der Waals surface area contributed by atoms with Gasteiger partial charge in [0, 0.05) is 18.0 Å². The van der Waals surface area contributed by atoms with Crippen LogP contribution in [0.4, 0.5) is 10.1 Å². The van der Waals surface area contributed by atoms with Gasteiger partial charge in [-0.2, -0.15) is 5.10 Å². The molecular formula is C19H16FN5OS. The molecule has 8 heteroatoms. The van der Waals surface area contributed by atoms with Crippen LogP contribution in [0.3, 0.4) is 0 Å². The highest BCUT2D eigenvalue weighted by Crippen LogP contribution is 2.29. The van der Waals surface area contributed by atoms with Crippen molar-refractivity contribution in [1.82, 2.24) is 19.7 Å². The topological polar surface area (TPSA) is 72.7 Å². The zero-order chi connectivity index (χ0) is 19.1.